The van der Waals surface area contributed by atoms with Gasteiger partial charge in [-0.2, -0.15) is 0 Å². The zero-order chi connectivity index (χ0) is 8.81. The highest BCUT2D eigenvalue weighted by Gasteiger charge is 1.96. The maximum atomic E-state index is 4.89. The number of anilines is 1. The number of likely N-dealkylation sites (N-methyl/N-ethyl adjacent to an activating group) is 1. The van der Waals surface area contributed by atoms with Crippen molar-refractivity contribution in [1.82, 2.24) is 10.5 Å². The summed E-state index contributed by atoms with van der Waals surface area (Å²) in [6.45, 7) is 6.78. The number of aryl methyl sites for hydroxylation is 1. The maximum absolute atomic E-state index is 4.89. The van der Waals surface area contributed by atoms with Crippen LogP contribution in [0.1, 0.15) is 12.7 Å². The second-order valence-electron chi connectivity index (χ2n) is 2.60. The molecule has 1 aromatic heterocycles. The van der Waals surface area contributed by atoms with Crippen molar-refractivity contribution in [3.8, 4) is 0 Å². The predicted octanol–water partition coefficient (Wildman–Crippen LogP) is 1.00. The summed E-state index contributed by atoms with van der Waals surface area (Å²) in [6, 6.07) is 1.88. The standard InChI is InChI=1S/C8H15N3O/c1-3-9-4-5-10-8-6-7(2)12-11-8/h6,9H,3-5H2,1-2H3,(H,10,11). The molecule has 0 aliphatic heterocycles. The molecule has 0 saturated heterocycles. The lowest BCUT2D eigenvalue weighted by Crippen LogP contribution is -2.21. The van der Waals surface area contributed by atoms with Gasteiger partial charge in [0.15, 0.2) is 5.82 Å². The van der Waals surface area contributed by atoms with Gasteiger partial charge in [0, 0.05) is 19.2 Å². The summed E-state index contributed by atoms with van der Waals surface area (Å²) < 4.78 is 4.89. The molecule has 1 aromatic rings. The lowest BCUT2D eigenvalue weighted by atomic mass is 10.5. The number of aromatic nitrogens is 1. The van der Waals surface area contributed by atoms with Crippen LogP contribution in [-0.4, -0.2) is 24.8 Å². The molecule has 4 nitrogen and oxygen atoms in total. The molecule has 0 amide bonds. The van der Waals surface area contributed by atoms with E-state index in [1.165, 1.54) is 0 Å². The van der Waals surface area contributed by atoms with E-state index in [2.05, 4.69) is 22.7 Å². The molecule has 68 valence electrons. The molecule has 0 unspecified atom stereocenters. The minimum Gasteiger partial charge on any atom is -0.366 e. The smallest absolute Gasteiger partial charge is 0.169 e. The molecular weight excluding hydrogens is 154 g/mol. The van der Waals surface area contributed by atoms with E-state index >= 15 is 0 Å². The predicted molar refractivity (Wildman–Crippen MR) is 48.3 cm³/mol. The van der Waals surface area contributed by atoms with E-state index in [1.807, 2.05) is 13.0 Å². The van der Waals surface area contributed by atoms with Crippen LogP contribution in [0.5, 0.6) is 0 Å². The third-order valence-electron chi connectivity index (χ3n) is 1.49. The Bertz CT molecular complexity index is 222. The van der Waals surface area contributed by atoms with E-state index in [9.17, 15) is 0 Å². The van der Waals surface area contributed by atoms with E-state index in [4.69, 9.17) is 4.52 Å². The first kappa shape index (κ1) is 9.06. The monoisotopic (exact) mass is 169 g/mol. The normalized spacial score (nSPS) is 10.2. The number of rotatable bonds is 5. The first-order chi connectivity index (χ1) is 5.83. The maximum Gasteiger partial charge on any atom is 0.169 e. The van der Waals surface area contributed by atoms with Gasteiger partial charge in [0.25, 0.3) is 0 Å². The van der Waals surface area contributed by atoms with Gasteiger partial charge in [-0.1, -0.05) is 12.1 Å². The van der Waals surface area contributed by atoms with Crippen molar-refractivity contribution in [3.63, 3.8) is 0 Å². The Morgan fingerprint density at radius 1 is 1.50 bits per heavy atom. The van der Waals surface area contributed by atoms with Crippen molar-refractivity contribution < 1.29 is 4.52 Å². The topological polar surface area (TPSA) is 50.1 Å². The van der Waals surface area contributed by atoms with E-state index in [-0.39, 0.29) is 0 Å². The zero-order valence-electron chi connectivity index (χ0n) is 7.55. The lowest BCUT2D eigenvalue weighted by Gasteiger charge is -2.01. The quantitative estimate of drug-likeness (QED) is 0.646. The van der Waals surface area contributed by atoms with Crippen LogP contribution < -0.4 is 10.6 Å². The van der Waals surface area contributed by atoms with Crippen LogP contribution in [0, 0.1) is 6.92 Å². The van der Waals surface area contributed by atoms with Gasteiger partial charge in [-0.15, -0.1) is 0 Å². The summed E-state index contributed by atoms with van der Waals surface area (Å²) in [5.41, 5.74) is 0. The molecule has 0 fully saturated rings. The lowest BCUT2D eigenvalue weighted by molar-refractivity contribution is 0.399. The first-order valence-electron chi connectivity index (χ1n) is 4.21. The van der Waals surface area contributed by atoms with Gasteiger partial charge >= 0.3 is 0 Å². The average molecular weight is 169 g/mol. The second-order valence-corrected chi connectivity index (χ2v) is 2.60. The van der Waals surface area contributed by atoms with Crippen molar-refractivity contribution in [2.24, 2.45) is 0 Å². The summed E-state index contributed by atoms with van der Waals surface area (Å²) in [5, 5.41) is 10.1. The van der Waals surface area contributed by atoms with Gasteiger partial charge < -0.3 is 15.2 Å². The number of hydrogen-bond acceptors (Lipinski definition) is 4. The molecule has 0 spiro atoms. The third kappa shape index (κ3) is 2.92. The number of nitrogens with zero attached hydrogens (tertiary/aromatic N) is 1. The molecule has 0 atom stereocenters. The molecule has 0 saturated carbocycles. The SMILES string of the molecule is CCNCCNc1cc(C)on1. The van der Waals surface area contributed by atoms with E-state index in [0.29, 0.717) is 0 Å². The molecule has 1 heterocycles. The minimum absolute atomic E-state index is 0.811. The van der Waals surface area contributed by atoms with Gasteiger partial charge in [-0.05, 0) is 13.5 Å². The Kier molecular flexibility index (Phi) is 3.60. The van der Waals surface area contributed by atoms with Crippen molar-refractivity contribution >= 4 is 5.82 Å². The van der Waals surface area contributed by atoms with Crippen LogP contribution in [0.4, 0.5) is 5.82 Å². The van der Waals surface area contributed by atoms with E-state index in [0.717, 1.165) is 31.2 Å². The third-order valence-corrected chi connectivity index (χ3v) is 1.49. The van der Waals surface area contributed by atoms with Crippen molar-refractivity contribution in [2.75, 3.05) is 25.0 Å². The van der Waals surface area contributed by atoms with E-state index in [1.54, 1.807) is 0 Å². The molecule has 0 aliphatic rings. The minimum atomic E-state index is 0.811. The number of nitrogens with one attached hydrogen (secondary N) is 2. The van der Waals surface area contributed by atoms with Crippen LogP contribution in [0.2, 0.25) is 0 Å². The van der Waals surface area contributed by atoms with Crippen LogP contribution in [0.15, 0.2) is 10.6 Å². The first-order valence-corrected chi connectivity index (χ1v) is 4.21. The highest BCUT2D eigenvalue weighted by molar-refractivity contribution is 5.33. The molecule has 12 heavy (non-hydrogen) atoms. The summed E-state index contributed by atoms with van der Waals surface area (Å²) in [5.74, 6) is 1.64. The average Bonchev–Trinajstić information content (AvgIpc) is 2.45. The fourth-order valence-electron chi connectivity index (χ4n) is 0.905. The zero-order valence-corrected chi connectivity index (χ0v) is 7.55. The molecule has 2 N–H and O–H groups in total. The highest BCUT2D eigenvalue weighted by atomic mass is 16.5. The van der Waals surface area contributed by atoms with Gasteiger partial charge in [-0.3, -0.25) is 0 Å². The molecule has 4 heteroatoms. The molecule has 0 aromatic carbocycles. The second kappa shape index (κ2) is 4.77. The van der Waals surface area contributed by atoms with Crippen LogP contribution in [0.25, 0.3) is 0 Å². The Hall–Kier alpha value is -1.03. The van der Waals surface area contributed by atoms with Gasteiger partial charge in [-0.25, -0.2) is 0 Å². The van der Waals surface area contributed by atoms with Crippen LogP contribution >= 0.6 is 0 Å². The summed E-state index contributed by atoms with van der Waals surface area (Å²) in [7, 11) is 0. The number of hydrogen-bond donors (Lipinski definition) is 2. The molecule has 0 radical (unpaired) electrons. The molecule has 0 bridgehead atoms. The van der Waals surface area contributed by atoms with Crippen LogP contribution in [0.3, 0.4) is 0 Å². The summed E-state index contributed by atoms with van der Waals surface area (Å²) in [4.78, 5) is 0. The van der Waals surface area contributed by atoms with Gasteiger partial charge in [0.2, 0.25) is 0 Å². The van der Waals surface area contributed by atoms with Gasteiger partial charge in [0.1, 0.15) is 5.76 Å². The summed E-state index contributed by atoms with van der Waals surface area (Å²) >= 11 is 0. The molecular formula is C8H15N3O. The highest BCUT2D eigenvalue weighted by Crippen LogP contribution is 2.05. The Labute approximate surface area is 72.3 Å². The Morgan fingerprint density at radius 2 is 2.33 bits per heavy atom. The van der Waals surface area contributed by atoms with Crippen LogP contribution in [-0.2, 0) is 0 Å². The Morgan fingerprint density at radius 3 is 2.92 bits per heavy atom. The van der Waals surface area contributed by atoms with Crippen molar-refractivity contribution in [1.29, 1.82) is 0 Å². The van der Waals surface area contributed by atoms with Gasteiger partial charge in [0.05, 0.1) is 0 Å². The molecule has 0 aliphatic carbocycles. The fourth-order valence-corrected chi connectivity index (χ4v) is 0.905. The van der Waals surface area contributed by atoms with E-state index < -0.39 is 0 Å². The van der Waals surface area contributed by atoms with Crippen molar-refractivity contribution in [3.05, 3.63) is 11.8 Å². The van der Waals surface area contributed by atoms with Crippen molar-refractivity contribution in [2.45, 2.75) is 13.8 Å². The molecule has 1 rings (SSSR count). The fraction of sp³-hybridized carbons (Fsp3) is 0.625. The Balaban J connectivity index is 2.15. The summed E-state index contributed by atoms with van der Waals surface area (Å²) in [6.07, 6.45) is 0. The largest absolute Gasteiger partial charge is 0.366 e.